The van der Waals surface area contributed by atoms with Crippen LogP contribution < -0.4 is 9.47 Å². The minimum Gasteiger partial charge on any atom is -0.494 e. The second kappa shape index (κ2) is 7.12. The molecule has 0 saturated heterocycles. The van der Waals surface area contributed by atoms with E-state index in [9.17, 15) is 4.39 Å². The molecule has 1 aromatic heterocycles. The van der Waals surface area contributed by atoms with Crippen LogP contribution in [0.25, 0.3) is 16.5 Å². The van der Waals surface area contributed by atoms with Gasteiger partial charge in [-0.3, -0.25) is 0 Å². The van der Waals surface area contributed by atoms with E-state index in [0.717, 1.165) is 41.3 Å². The Morgan fingerprint density at radius 1 is 1.12 bits per heavy atom. The third-order valence-corrected chi connectivity index (χ3v) is 4.67. The van der Waals surface area contributed by atoms with Crippen LogP contribution in [0.15, 0.2) is 54.9 Å². The minimum absolute atomic E-state index is 0.0557. The van der Waals surface area contributed by atoms with E-state index in [1.54, 1.807) is 6.07 Å². The van der Waals surface area contributed by atoms with Gasteiger partial charge in [0, 0.05) is 6.42 Å². The Morgan fingerprint density at radius 2 is 2.00 bits per heavy atom. The van der Waals surface area contributed by atoms with Crippen LogP contribution in [0.1, 0.15) is 24.8 Å². The molecule has 2 aromatic carbocycles. The van der Waals surface area contributed by atoms with Gasteiger partial charge in [0.2, 0.25) is 5.88 Å². The molecule has 26 heavy (non-hydrogen) atoms. The maximum atomic E-state index is 13.9. The predicted molar refractivity (Wildman–Crippen MR) is 98.7 cm³/mol. The zero-order valence-corrected chi connectivity index (χ0v) is 14.5. The van der Waals surface area contributed by atoms with Crippen LogP contribution >= 0.6 is 0 Å². The average Bonchev–Trinajstić information content (AvgIpc) is 2.69. The standard InChI is InChI=1S/C21H19FN2O2/c1-25-20-11-8-15(12-18(20)22)14-6-9-16(10-7-14)26-21-17-4-2-3-5-19(17)23-13-24-21/h2-6,8,11-13,16H,7,9-10H2,1H3. The maximum Gasteiger partial charge on any atom is 0.224 e. The molecular weight excluding hydrogens is 331 g/mol. The zero-order chi connectivity index (χ0) is 17.9. The van der Waals surface area contributed by atoms with Crippen molar-refractivity contribution in [3.05, 3.63) is 66.2 Å². The second-order valence-electron chi connectivity index (χ2n) is 6.29. The van der Waals surface area contributed by atoms with E-state index in [2.05, 4.69) is 16.0 Å². The molecule has 3 aromatic rings. The van der Waals surface area contributed by atoms with Gasteiger partial charge in [-0.1, -0.05) is 24.3 Å². The number of fused-ring (bicyclic) bond motifs is 1. The van der Waals surface area contributed by atoms with Crippen LogP contribution in [0.2, 0.25) is 0 Å². The van der Waals surface area contributed by atoms with Gasteiger partial charge in [0.05, 0.1) is 18.0 Å². The van der Waals surface area contributed by atoms with Gasteiger partial charge in [-0.05, 0) is 48.2 Å². The summed E-state index contributed by atoms with van der Waals surface area (Å²) in [6, 6.07) is 12.9. The second-order valence-corrected chi connectivity index (χ2v) is 6.29. The Morgan fingerprint density at radius 3 is 2.77 bits per heavy atom. The lowest BCUT2D eigenvalue weighted by Gasteiger charge is -2.23. The Hall–Kier alpha value is -2.95. The van der Waals surface area contributed by atoms with Crippen molar-refractivity contribution in [3.8, 4) is 11.6 Å². The summed E-state index contributed by atoms with van der Waals surface area (Å²) in [4.78, 5) is 8.55. The minimum atomic E-state index is -0.336. The van der Waals surface area contributed by atoms with Gasteiger partial charge < -0.3 is 9.47 Å². The first-order valence-electron chi connectivity index (χ1n) is 8.64. The van der Waals surface area contributed by atoms with Crippen molar-refractivity contribution in [2.75, 3.05) is 7.11 Å². The number of hydrogen-bond donors (Lipinski definition) is 0. The van der Waals surface area contributed by atoms with Gasteiger partial charge in [0.1, 0.15) is 12.4 Å². The molecule has 4 rings (SSSR count). The molecule has 0 spiro atoms. The molecule has 0 fully saturated rings. The molecule has 1 aliphatic rings. The molecule has 0 amide bonds. The summed E-state index contributed by atoms with van der Waals surface area (Å²) in [6.07, 6.45) is 6.17. The fourth-order valence-corrected chi connectivity index (χ4v) is 3.28. The quantitative estimate of drug-likeness (QED) is 0.678. The largest absolute Gasteiger partial charge is 0.494 e. The van der Waals surface area contributed by atoms with Gasteiger partial charge >= 0.3 is 0 Å². The highest BCUT2D eigenvalue weighted by Crippen LogP contribution is 2.32. The summed E-state index contributed by atoms with van der Waals surface area (Å²) < 4.78 is 25.0. The monoisotopic (exact) mass is 350 g/mol. The van der Waals surface area contributed by atoms with Crippen molar-refractivity contribution >= 4 is 16.5 Å². The van der Waals surface area contributed by atoms with E-state index in [4.69, 9.17) is 9.47 Å². The summed E-state index contributed by atoms with van der Waals surface area (Å²) in [7, 11) is 1.47. The first-order valence-corrected chi connectivity index (χ1v) is 8.64. The van der Waals surface area contributed by atoms with Gasteiger partial charge in [0.25, 0.3) is 0 Å². The smallest absolute Gasteiger partial charge is 0.224 e. The highest BCUT2D eigenvalue weighted by atomic mass is 19.1. The lowest BCUT2D eigenvalue weighted by molar-refractivity contribution is 0.187. The van der Waals surface area contributed by atoms with E-state index >= 15 is 0 Å². The predicted octanol–water partition coefficient (Wildman–Crippen LogP) is 4.79. The molecule has 1 aliphatic carbocycles. The van der Waals surface area contributed by atoms with Crippen LogP contribution in [0.3, 0.4) is 0 Å². The first-order chi connectivity index (χ1) is 12.7. The molecule has 5 heteroatoms. The van der Waals surface area contributed by atoms with E-state index in [1.165, 1.54) is 19.5 Å². The Balaban J connectivity index is 1.50. The summed E-state index contributed by atoms with van der Waals surface area (Å²) in [6.45, 7) is 0. The van der Waals surface area contributed by atoms with Crippen LogP contribution in [0, 0.1) is 5.82 Å². The number of rotatable bonds is 4. The average molecular weight is 350 g/mol. The molecule has 0 aliphatic heterocycles. The molecule has 0 saturated carbocycles. The van der Waals surface area contributed by atoms with Crippen molar-refractivity contribution in [1.82, 2.24) is 9.97 Å². The number of methoxy groups -OCH3 is 1. The Kier molecular flexibility index (Phi) is 4.52. The number of aromatic nitrogens is 2. The lowest BCUT2D eigenvalue weighted by Crippen LogP contribution is -2.19. The number of hydrogen-bond acceptors (Lipinski definition) is 4. The van der Waals surface area contributed by atoms with Crippen LogP contribution in [0.5, 0.6) is 11.6 Å². The van der Waals surface area contributed by atoms with E-state index in [1.807, 2.05) is 30.3 Å². The van der Waals surface area contributed by atoms with E-state index in [0.29, 0.717) is 5.88 Å². The number of allylic oxidation sites excluding steroid dienone is 1. The third kappa shape index (κ3) is 3.25. The molecule has 1 heterocycles. The lowest BCUT2D eigenvalue weighted by atomic mass is 9.92. The summed E-state index contributed by atoms with van der Waals surface area (Å²) in [5.41, 5.74) is 2.91. The van der Waals surface area contributed by atoms with Crippen LogP contribution in [-0.4, -0.2) is 23.2 Å². The summed E-state index contributed by atoms with van der Waals surface area (Å²) in [5.74, 6) is 0.548. The van der Waals surface area contributed by atoms with Crippen molar-refractivity contribution in [2.45, 2.75) is 25.4 Å². The van der Waals surface area contributed by atoms with Crippen LogP contribution in [-0.2, 0) is 0 Å². The fraction of sp³-hybridized carbons (Fsp3) is 0.238. The van der Waals surface area contributed by atoms with Gasteiger partial charge in [-0.25, -0.2) is 14.4 Å². The van der Waals surface area contributed by atoms with Crippen molar-refractivity contribution in [1.29, 1.82) is 0 Å². The van der Waals surface area contributed by atoms with Crippen molar-refractivity contribution in [3.63, 3.8) is 0 Å². The number of halogens is 1. The Labute approximate surface area is 151 Å². The molecule has 1 atom stereocenters. The van der Waals surface area contributed by atoms with Gasteiger partial charge in [0.15, 0.2) is 11.6 Å². The van der Waals surface area contributed by atoms with E-state index < -0.39 is 0 Å². The number of ether oxygens (including phenoxy) is 2. The molecule has 1 unspecified atom stereocenters. The molecule has 132 valence electrons. The summed E-state index contributed by atoms with van der Waals surface area (Å²) in [5, 5.41) is 0.919. The summed E-state index contributed by atoms with van der Waals surface area (Å²) >= 11 is 0. The molecule has 0 bridgehead atoms. The SMILES string of the molecule is COc1ccc(C2=CCC(Oc3ncnc4ccccc34)CC2)cc1F. The fourth-order valence-electron chi connectivity index (χ4n) is 3.28. The maximum absolute atomic E-state index is 13.9. The highest BCUT2D eigenvalue weighted by molar-refractivity contribution is 5.83. The number of benzene rings is 2. The normalized spacial score (nSPS) is 17.0. The molecule has 0 radical (unpaired) electrons. The zero-order valence-electron chi connectivity index (χ0n) is 14.5. The molecular formula is C21H19FN2O2. The molecule has 4 nitrogen and oxygen atoms in total. The van der Waals surface area contributed by atoms with Crippen LogP contribution in [0.4, 0.5) is 4.39 Å². The third-order valence-electron chi connectivity index (χ3n) is 4.67. The van der Waals surface area contributed by atoms with E-state index in [-0.39, 0.29) is 17.7 Å². The number of para-hydroxylation sites is 1. The number of nitrogens with zero attached hydrogens (tertiary/aromatic N) is 2. The topological polar surface area (TPSA) is 44.2 Å². The Bertz CT molecular complexity index is 966. The highest BCUT2D eigenvalue weighted by Gasteiger charge is 2.19. The molecule has 0 N–H and O–H groups in total. The van der Waals surface area contributed by atoms with Crippen molar-refractivity contribution in [2.24, 2.45) is 0 Å². The van der Waals surface area contributed by atoms with Crippen molar-refractivity contribution < 1.29 is 13.9 Å². The first kappa shape index (κ1) is 16.5. The van der Waals surface area contributed by atoms with Gasteiger partial charge in [-0.15, -0.1) is 0 Å². The van der Waals surface area contributed by atoms with Gasteiger partial charge in [-0.2, -0.15) is 0 Å².